The molecule has 1 aromatic rings. The predicted octanol–water partition coefficient (Wildman–Crippen LogP) is 0.723. The molecule has 0 bridgehead atoms. The maximum absolute atomic E-state index is 11.4. The zero-order valence-corrected chi connectivity index (χ0v) is 15.5. The van der Waals surface area contributed by atoms with E-state index in [2.05, 4.69) is 9.80 Å². The fraction of sp³-hybridized carbons (Fsp3) is 0.421. The molecule has 0 spiro atoms. The second-order valence-corrected chi connectivity index (χ2v) is 6.16. The second kappa shape index (κ2) is 9.84. The summed E-state index contributed by atoms with van der Waals surface area (Å²) >= 11 is 0. The van der Waals surface area contributed by atoms with Crippen LogP contribution < -0.4 is 11.5 Å². The Balaban J connectivity index is 1.98. The Bertz CT molecular complexity index is 647. The topological polar surface area (TPSA) is 94.0 Å². The maximum atomic E-state index is 11.4. The lowest BCUT2D eigenvalue weighted by Gasteiger charge is -2.35. The maximum Gasteiger partial charge on any atom is 0.319 e. The lowest BCUT2D eigenvalue weighted by atomic mass is 10.0. The van der Waals surface area contributed by atoms with Gasteiger partial charge in [0.25, 0.3) is 0 Å². The molecule has 0 saturated carbocycles. The van der Waals surface area contributed by atoms with Crippen LogP contribution in [0.15, 0.2) is 42.4 Å². The first-order valence-corrected chi connectivity index (χ1v) is 8.58. The summed E-state index contributed by atoms with van der Waals surface area (Å²) in [6.07, 6.45) is 3.45. The molecule has 0 aromatic heterocycles. The molecule has 1 aromatic carbocycles. The molecule has 142 valence electrons. The van der Waals surface area contributed by atoms with Crippen molar-refractivity contribution in [2.45, 2.75) is 6.61 Å². The highest BCUT2D eigenvalue weighted by Crippen LogP contribution is 2.18. The van der Waals surface area contributed by atoms with Crippen molar-refractivity contribution in [3.8, 4) is 0 Å². The largest absolute Gasteiger partial charge is 0.468 e. The van der Waals surface area contributed by atoms with Crippen molar-refractivity contribution in [2.75, 3.05) is 46.9 Å². The third kappa shape index (κ3) is 5.50. The highest BCUT2D eigenvalue weighted by Gasteiger charge is 2.19. The van der Waals surface area contributed by atoms with E-state index < -0.39 is 0 Å². The van der Waals surface area contributed by atoms with E-state index in [-0.39, 0.29) is 5.97 Å². The van der Waals surface area contributed by atoms with Crippen LogP contribution in [0.4, 0.5) is 0 Å². The van der Waals surface area contributed by atoms with E-state index in [9.17, 15) is 4.79 Å². The third-order valence-corrected chi connectivity index (χ3v) is 4.40. The van der Waals surface area contributed by atoms with Crippen LogP contribution in [0.3, 0.4) is 0 Å². The normalized spacial score (nSPS) is 16.6. The first-order valence-electron chi connectivity index (χ1n) is 8.58. The van der Waals surface area contributed by atoms with Gasteiger partial charge in [-0.15, -0.1) is 0 Å². The number of hydrogen-bond acceptors (Lipinski definition) is 7. The zero-order chi connectivity index (χ0) is 18.9. The molecule has 1 aliphatic rings. The Morgan fingerprint density at radius 3 is 2.35 bits per heavy atom. The highest BCUT2D eigenvalue weighted by molar-refractivity contribution is 5.74. The van der Waals surface area contributed by atoms with Crippen LogP contribution >= 0.6 is 0 Å². The minimum Gasteiger partial charge on any atom is -0.468 e. The Kier molecular flexibility index (Phi) is 7.50. The SMILES string of the molecule is COCc1ccc(C(=C/N)/C=C(\N)N2CCN(CC(=O)OC)CC2)cc1. The second-order valence-electron chi connectivity index (χ2n) is 6.16. The van der Waals surface area contributed by atoms with Gasteiger partial charge in [-0.25, -0.2) is 0 Å². The number of piperazine rings is 1. The van der Waals surface area contributed by atoms with Gasteiger partial charge in [-0.2, -0.15) is 0 Å². The molecule has 0 aliphatic carbocycles. The first-order chi connectivity index (χ1) is 12.6. The van der Waals surface area contributed by atoms with E-state index in [4.69, 9.17) is 20.9 Å². The predicted molar refractivity (Wildman–Crippen MR) is 102 cm³/mol. The van der Waals surface area contributed by atoms with E-state index in [1.54, 1.807) is 13.3 Å². The van der Waals surface area contributed by atoms with Crippen molar-refractivity contribution in [1.29, 1.82) is 0 Å². The van der Waals surface area contributed by atoms with Gasteiger partial charge >= 0.3 is 5.97 Å². The summed E-state index contributed by atoms with van der Waals surface area (Å²) in [6.45, 7) is 3.92. The van der Waals surface area contributed by atoms with Crippen LogP contribution in [0, 0.1) is 0 Å². The number of esters is 1. The minimum absolute atomic E-state index is 0.216. The molecule has 26 heavy (non-hydrogen) atoms. The number of benzene rings is 1. The van der Waals surface area contributed by atoms with Crippen LogP contribution in [0.2, 0.25) is 0 Å². The Morgan fingerprint density at radius 2 is 1.81 bits per heavy atom. The van der Waals surface area contributed by atoms with Crippen LogP contribution in [0.1, 0.15) is 11.1 Å². The van der Waals surface area contributed by atoms with Gasteiger partial charge in [0.1, 0.15) is 0 Å². The Labute approximate surface area is 154 Å². The summed E-state index contributed by atoms with van der Waals surface area (Å²) < 4.78 is 9.84. The van der Waals surface area contributed by atoms with Crippen molar-refractivity contribution in [3.05, 3.63) is 53.5 Å². The van der Waals surface area contributed by atoms with Crippen LogP contribution in [0.5, 0.6) is 0 Å². The number of ether oxygens (including phenoxy) is 2. The smallest absolute Gasteiger partial charge is 0.319 e. The summed E-state index contributed by atoms with van der Waals surface area (Å²) in [7, 11) is 3.08. The number of methoxy groups -OCH3 is 2. The van der Waals surface area contributed by atoms with E-state index in [0.29, 0.717) is 19.0 Å². The van der Waals surface area contributed by atoms with Crippen molar-refractivity contribution in [2.24, 2.45) is 11.5 Å². The molecule has 7 heteroatoms. The molecule has 1 fully saturated rings. The summed E-state index contributed by atoms with van der Waals surface area (Å²) in [6, 6.07) is 8.03. The first kappa shape index (κ1) is 19.8. The molecule has 0 amide bonds. The number of hydrogen-bond donors (Lipinski definition) is 2. The summed E-state index contributed by atoms with van der Waals surface area (Å²) in [5, 5.41) is 0. The van der Waals surface area contributed by atoms with Gasteiger partial charge in [0.2, 0.25) is 0 Å². The number of carbonyl (C=O) groups is 1. The molecule has 0 atom stereocenters. The van der Waals surface area contributed by atoms with Crippen molar-refractivity contribution < 1.29 is 14.3 Å². The summed E-state index contributed by atoms with van der Waals surface area (Å²) in [5.41, 5.74) is 15.0. The Morgan fingerprint density at radius 1 is 1.15 bits per heavy atom. The highest BCUT2D eigenvalue weighted by atomic mass is 16.5. The van der Waals surface area contributed by atoms with Crippen LogP contribution in [-0.4, -0.2) is 62.7 Å². The molecule has 4 N–H and O–H groups in total. The minimum atomic E-state index is -0.216. The van der Waals surface area contributed by atoms with Gasteiger partial charge < -0.3 is 25.8 Å². The van der Waals surface area contributed by atoms with Gasteiger partial charge in [0, 0.05) is 45.1 Å². The quantitative estimate of drug-likeness (QED) is 0.547. The van der Waals surface area contributed by atoms with Gasteiger partial charge in [0.15, 0.2) is 0 Å². The molecule has 1 saturated heterocycles. The lowest BCUT2D eigenvalue weighted by molar-refractivity contribution is -0.142. The molecule has 7 nitrogen and oxygen atoms in total. The summed E-state index contributed by atoms with van der Waals surface area (Å²) in [5.74, 6) is 0.452. The lowest BCUT2D eigenvalue weighted by Crippen LogP contribution is -2.48. The van der Waals surface area contributed by atoms with E-state index in [1.165, 1.54) is 7.11 Å². The monoisotopic (exact) mass is 360 g/mol. The molecule has 0 unspecified atom stereocenters. The van der Waals surface area contributed by atoms with Crippen molar-refractivity contribution >= 4 is 11.5 Å². The fourth-order valence-electron chi connectivity index (χ4n) is 2.85. The van der Waals surface area contributed by atoms with E-state index in [0.717, 1.165) is 42.9 Å². The van der Waals surface area contributed by atoms with Gasteiger partial charge in [-0.05, 0) is 17.2 Å². The molecular formula is C19H28N4O3. The summed E-state index contributed by atoms with van der Waals surface area (Å²) in [4.78, 5) is 15.5. The Hall–Kier alpha value is -2.51. The molecule has 2 rings (SSSR count). The van der Waals surface area contributed by atoms with Crippen molar-refractivity contribution in [1.82, 2.24) is 9.80 Å². The molecule has 0 radical (unpaired) electrons. The number of carbonyl (C=O) groups excluding carboxylic acids is 1. The fourth-order valence-corrected chi connectivity index (χ4v) is 2.85. The number of allylic oxidation sites excluding steroid dienone is 2. The zero-order valence-electron chi connectivity index (χ0n) is 15.5. The van der Waals surface area contributed by atoms with Crippen molar-refractivity contribution in [3.63, 3.8) is 0 Å². The van der Waals surface area contributed by atoms with E-state index >= 15 is 0 Å². The van der Waals surface area contributed by atoms with Crippen LogP contribution in [-0.2, 0) is 20.9 Å². The van der Waals surface area contributed by atoms with Crippen LogP contribution in [0.25, 0.3) is 5.57 Å². The average molecular weight is 360 g/mol. The van der Waals surface area contributed by atoms with Gasteiger partial charge in [-0.1, -0.05) is 24.3 Å². The van der Waals surface area contributed by atoms with Gasteiger partial charge in [-0.3, -0.25) is 9.69 Å². The van der Waals surface area contributed by atoms with E-state index in [1.807, 2.05) is 30.3 Å². The number of rotatable bonds is 7. The average Bonchev–Trinajstić information content (AvgIpc) is 2.67. The number of nitrogens with two attached hydrogens (primary N) is 2. The number of nitrogens with zero attached hydrogens (tertiary/aromatic N) is 2. The van der Waals surface area contributed by atoms with Gasteiger partial charge in [0.05, 0.1) is 26.1 Å². The standard InChI is InChI=1S/C19H28N4O3/c1-25-14-15-3-5-16(6-4-15)17(12-20)11-18(21)23-9-7-22(8-10-23)13-19(24)26-2/h3-6,11-12H,7-10,13-14,20-21H2,1-2H3/b17-12+,18-11+. The molecule has 1 heterocycles. The third-order valence-electron chi connectivity index (χ3n) is 4.40. The molecular weight excluding hydrogens is 332 g/mol. The molecule has 1 aliphatic heterocycles.